The zero-order chi connectivity index (χ0) is 58.9. The van der Waals surface area contributed by atoms with Crippen LogP contribution in [0.15, 0.2) is 65.9 Å². The van der Waals surface area contributed by atoms with Gasteiger partial charge in [0.25, 0.3) is 5.91 Å². The Kier molecular flexibility index (Phi) is 20.1. The number of hydrogen-bond acceptors (Lipinski definition) is 15. The molecule has 1 aromatic heterocycles. The van der Waals surface area contributed by atoms with Gasteiger partial charge in [-0.25, -0.2) is 33.9 Å². The van der Waals surface area contributed by atoms with E-state index in [4.69, 9.17) is 10.5 Å². The molecule has 28 heteroatoms. The monoisotopic (exact) mass is 1140 g/mol. The third kappa shape index (κ3) is 15.4. The largest absolute Gasteiger partial charge is 0.453 e. The number of alkyl halides is 8. The summed E-state index contributed by atoms with van der Waals surface area (Å²) in [5.74, 6) is 2.41. The number of piperazine rings is 1. The fourth-order valence-corrected chi connectivity index (χ4v) is 9.21. The first-order chi connectivity index (χ1) is 37.5. The Balaban J connectivity index is 1.30. The summed E-state index contributed by atoms with van der Waals surface area (Å²) in [6.45, 7) is 0.629. The number of aliphatic imine (C=N–C) groups is 1. The van der Waals surface area contributed by atoms with Crippen molar-refractivity contribution in [1.82, 2.24) is 41.3 Å². The van der Waals surface area contributed by atoms with Crippen LogP contribution in [0.25, 0.3) is 5.70 Å². The third-order valence-electron chi connectivity index (χ3n) is 14.3. The summed E-state index contributed by atoms with van der Waals surface area (Å²) in [7, 11) is 1.65. The van der Waals surface area contributed by atoms with Crippen molar-refractivity contribution >= 4 is 41.9 Å². The van der Waals surface area contributed by atoms with E-state index in [1.807, 2.05) is 10.6 Å². The van der Waals surface area contributed by atoms with E-state index in [1.54, 1.807) is 24.5 Å². The van der Waals surface area contributed by atoms with Crippen molar-refractivity contribution in [3.63, 3.8) is 0 Å². The Morgan fingerprint density at radius 1 is 0.838 bits per heavy atom. The predicted molar refractivity (Wildman–Crippen MR) is 272 cm³/mol. The normalized spacial score (nSPS) is 18.9. The Morgan fingerprint density at radius 2 is 1.39 bits per heavy atom. The van der Waals surface area contributed by atoms with Gasteiger partial charge in [0.05, 0.1) is 62.0 Å². The van der Waals surface area contributed by atoms with Gasteiger partial charge in [-0.3, -0.25) is 19.9 Å². The second kappa shape index (κ2) is 25.9. The second-order valence-corrected chi connectivity index (χ2v) is 20.5. The van der Waals surface area contributed by atoms with Crippen molar-refractivity contribution in [2.24, 2.45) is 21.6 Å². The van der Waals surface area contributed by atoms with Gasteiger partial charge in [0.15, 0.2) is 0 Å². The summed E-state index contributed by atoms with van der Waals surface area (Å²) >= 11 is 0. The minimum Gasteiger partial charge on any atom is -0.453 e. The molecular formula is C52H62F9N11O8. The van der Waals surface area contributed by atoms with Crippen LogP contribution < -0.4 is 32.0 Å². The number of amides is 4. The van der Waals surface area contributed by atoms with E-state index in [9.17, 15) is 59.4 Å². The van der Waals surface area contributed by atoms with Crippen LogP contribution in [0.4, 0.5) is 55.1 Å². The van der Waals surface area contributed by atoms with Crippen molar-refractivity contribution in [3.05, 3.63) is 94.6 Å². The molecule has 436 valence electrons. The summed E-state index contributed by atoms with van der Waals surface area (Å²) in [4.78, 5) is 69.6. The van der Waals surface area contributed by atoms with Crippen molar-refractivity contribution in [2.45, 2.75) is 115 Å². The van der Waals surface area contributed by atoms with Crippen LogP contribution in [0.1, 0.15) is 68.4 Å². The van der Waals surface area contributed by atoms with Crippen LogP contribution in [0.5, 0.6) is 0 Å². The molecule has 4 amide bonds. The van der Waals surface area contributed by atoms with Crippen LogP contribution in [0.3, 0.4) is 0 Å². The Labute approximate surface area is 454 Å². The molecule has 19 nitrogen and oxygen atoms in total. The number of hydrogen-bond donors (Lipinski definition) is 6. The zero-order valence-electron chi connectivity index (χ0n) is 44.3. The maximum absolute atomic E-state index is 15.9. The molecule has 80 heavy (non-hydrogen) atoms. The van der Waals surface area contributed by atoms with E-state index in [-0.39, 0.29) is 16.8 Å². The number of alkyl carbamates (subject to hydrolysis) is 2. The molecule has 2 bridgehead atoms. The average molecular weight is 1140 g/mol. The molecule has 0 spiro atoms. The van der Waals surface area contributed by atoms with Crippen LogP contribution in [-0.4, -0.2) is 164 Å². The first-order valence-corrected chi connectivity index (χ1v) is 25.0. The number of methoxy groups -OCH3 is 2. The fraction of sp³-hybridized carbons (Fsp3) is 0.519. The number of benzene rings is 2. The molecule has 6 rings (SSSR count). The highest BCUT2D eigenvalue weighted by molar-refractivity contribution is 5.87. The van der Waals surface area contributed by atoms with E-state index >= 15 is 4.39 Å². The van der Waals surface area contributed by atoms with E-state index in [0.717, 1.165) is 71.6 Å². The number of carbonyl (C=O) groups is 4. The lowest BCUT2D eigenvalue weighted by molar-refractivity contribution is -0.221. The molecule has 3 fully saturated rings. The number of nitrogens with one attached hydrogen (secondary N) is 4. The number of nitrogens with zero attached hydrogens (tertiary/aromatic N) is 6. The molecular weight excluding hydrogens is 1080 g/mol. The summed E-state index contributed by atoms with van der Waals surface area (Å²) < 4.78 is 143. The van der Waals surface area contributed by atoms with E-state index in [1.165, 1.54) is 18.2 Å². The van der Waals surface area contributed by atoms with Crippen LogP contribution in [-0.2, 0) is 36.8 Å². The minimum absolute atomic E-state index is 0.0526. The molecule has 0 saturated carbocycles. The highest BCUT2D eigenvalue weighted by Gasteiger charge is 2.57. The first kappa shape index (κ1) is 62.0. The number of carbonyl (C=O) groups excluding carboxylic acids is 4. The van der Waals surface area contributed by atoms with E-state index in [2.05, 4.69) is 56.8 Å². The Morgan fingerprint density at radius 3 is 1.89 bits per heavy atom. The highest BCUT2D eigenvalue weighted by Crippen LogP contribution is 2.42. The van der Waals surface area contributed by atoms with Gasteiger partial charge in [-0.05, 0) is 76.8 Å². The lowest BCUT2D eigenvalue weighted by Gasteiger charge is -2.47. The van der Waals surface area contributed by atoms with Crippen molar-refractivity contribution in [1.29, 1.82) is 0 Å². The Bertz CT molecular complexity index is 2770. The molecule has 2 aromatic carbocycles. The standard InChI is InChI=1S/C52H62F9N11O8/c1-49(2,51(56,57)58)41(67-47(76)78-5)43(74)66-39(19-30-10-7-29(8-11-30)9-12-31-21-64-46(65-22-31)70-24-34-15-16-35(25-70)72(34)36-27-80-28-36)40(73)26-71(69-44(75)42(68-48(77)79-6)50(3,4)52(59,60)61)23-33-14-13-32(20-37(33)53)38(62)17-18-63-45(54)55/h7-8,10-11,13-14,17-18,20-22,34-36,39-42,45,73H,15-16,19,23-28,62H2,1-6H3,(H,66,74)(H,67,76)(H,68,77)(H,69,75)/t34?,35?,39-,40-,41+,42+/m0/s1. The molecule has 3 aromatic rings. The number of nitrogens with two attached hydrogens (primary N) is 1. The number of ether oxygens (including phenoxy) is 3. The van der Waals surface area contributed by atoms with Gasteiger partial charge in [-0.15, -0.1) is 0 Å². The molecule has 3 aliphatic rings. The third-order valence-corrected chi connectivity index (χ3v) is 14.3. The van der Waals surface area contributed by atoms with Crippen LogP contribution in [0.2, 0.25) is 0 Å². The fourth-order valence-electron chi connectivity index (χ4n) is 9.21. The summed E-state index contributed by atoms with van der Waals surface area (Å²) in [5.41, 5.74) is 2.67. The number of allylic oxidation sites excluding steroid dienone is 1. The highest BCUT2D eigenvalue weighted by atomic mass is 19.4. The number of hydrazine groups is 1. The molecule has 3 saturated heterocycles. The lowest BCUT2D eigenvalue weighted by atomic mass is 9.82. The smallest absolute Gasteiger partial charge is 0.407 e. The molecule has 0 radical (unpaired) electrons. The minimum atomic E-state index is -5.17. The summed E-state index contributed by atoms with van der Waals surface area (Å²) in [6, 6.07) is 3.92. The molecule has 7 N–H and O–H groups in total. The van der Waals surface area contributed by atoms with Gasteiger partial charge in [-0.1, -0.05) is 36.1 Å². The van der Waals surface area contributed by atoms with Gasteiger partial charge in [0.1, 0.15) is 17.9 Å². The topological polar surface area (TPSA) is 238 Å². The quantitative estimate of drug-likeness (QED) is 0.0280. The first-order valence-electron chi connectivity index (χ1n) is 25.0. The molecule has 4 heterocycles. The van der Waals surface area contributed by atoms with Crippen molar-refractivity contribution < 1.29 is 78.0 Å². The van der Waals surface area contributed by atoms with Gasteiger partial charge in [0, 0.05) is 79.3 Å². The molecule has 0 aliphatic carbocycles. The molecule has 2 unspecified atom stereocenters. The van der Waals surface area contributed by atoms with Gasteiger partial charge >= 0.3 is 31.1 Å². The number of fused-ring (bicyclic) bond motifs is 2. The molecule has 6 atom stereocenters. The van der Waals surface area contributed by atoms with Gasteiger partial charge in [-0.2, -0.15) is 35.1 Å². The van der Waals surface area contributed by atoms with Gasteiger partial charge in [0.2, 0.25) is 11.9 Å². The van der Waals surface area contributed by atoms with Crippen molar-refractivity contribution in [3.8, 4) is 11.8 Å². The predicted octanol–water partition coefficient (Wildman–Crippen LogP) is 5.21. The average Bonchev–Trinajstić information content (AvgIpc) is 3.60. The van der Waals surface area contributed by atoms with Crippen molar-refractivity contribution in [2.75, 3.05) is 52.0 Å². The van der Waals surface area contributed by atoms with E-state index < -0.39 is 103 Å². The number of rotatable bonds is 20. The summed E-state index contributed by atoms with van der Waals surface area (Å²) in [5, 5.41) is 18.8. The zero-order valence-corrected chi connectivity index (χ0v) is 44.3. The summed E-state index contributed by atoms with van der Waals surface area (Å²) in [6.07, 6.45) is -8.68. The van der Waals surface area contributed by atoms with E-state index in [0.29, 0.717) is 79.7 Å². The van der Waals surface area contributed by atoms with Crippen LogP contribution in [0, 0.1) is 28.5 Å². The molecule has 3 aliphatic heterocycles. The maximum atomic E-state index is 15.9. The SMILES string of the molecule is COC(=O)N[C@H](C(=O)N[C@@H](Cc1ccc(C#Cc2cnc(N3CC4CCC(C3)N4C3COC3)nc2)cc1)[C@@H](O)CN(Cc1ccc(C(N)=CC=NC(F)F)cc1F)NC(=O)[C@@H](NC(=O)OC)C(C)(C)C(F)(F)F)C(C)(C)C(F)(F)F. The Hall–Kier alpha value is -7.22. The number of halogens is 9. The number of aliphatic hydroxyl groups is 1. The maximum Gasteiger partial charge on any atom is 0.407 e. The van der Waals surface area contributed by atoms with Crippen LogP contribution >= 0.6 is 0 Å². The number of aromatic nitrogens is 2. The lowest BCUT2D eigenvalue weighted by Crippen LogP contribution is -2.63. The second-order valence-electron chi connectivity index (χ2n) is 20.5. The number of aliphatic hydroxyl groups excluding tert-OH is 1. The number of anilines is 1. The van der Waals surface area contributed by atoms with Gasteiger partial charge < -0.3 is 45.9 Å².